The minimum atomic E-state index is 0.0513. The van der Waals surface area contributed by atoms with Gasteiger partial charge in [-0.25, -0.2) is 0 Å². The Balaban J connectivity index is 1.40. The number of hydrogen-bond donors (Lipinski definition) is 3. The lowest BCUT2D eigenvalue weighted by Gasteiger charge is -2.29. The van der Waals surface area contributed by atoms with Crippen molar-refractivity contribution >= 4 is 5.91 Å². The molecule has 0 unspecified atom stereocenters. The van der Waals surface area contributed by atoms with Crippen molar-refractivity contribution in [1.82, 2.24) is 10.5 Å². The van der Waals surface area contributed by atoms with Crippen LogP contribution in [0.5, 0.6) is 0 Å². The Kier molecular flexibility index (Phi) is 5.83. The summed E-state index contributed by atoms with van der Waals surface area (Å²) in [5.74, 6) is 0.991. The molecule has 2 heterocycles. The van der Waals surface area contributed by atoms with E-state index < -0.39 is 0 Å². The largest absolute Gasteiger partial charge is 0.361 e. The maximum atomic E-state index is 12.3. The van der Waals surface area contributed by atoms with Crippen LogP contribution in [0.15, 0.2) is 40.9 Å². The van der Waals surface area contributed by atoms with Crippen LogP contribution in [-0.4, -0.2) is 43.8 Å². The van der Waals surface area contributed by atoms with E-state index in [4.69, 9.17) is 4.52 Å². The Morgan fingerprint density at radius 3 is 2.52 bits per heavy atom. The van der Waals surface area contributed by atoms with Crippen molar-refractivity contribution in [2.45, 2.75) is 26.4 Å². The molecule has 1 saturated heterocycles. The molecule has 0 saturated carbocycles. The van der Waals surface area contributed by atoms with Crippen molar-refractivity contribution in [1.29, 1.82) is 0 Å². The first-order valence-corrected chi connectivity index (χ1v) is 9.04. The molecule has 25 heavy (non-hydrogen) atoms. The minimum Gasteiger partial charge on any atom is -0.361 e. The van der Waals surface area contributed by atoms with Crippen molar-refractivity contribution in [3.05, 3.63) is 53.4 Å². The van der Waals surface area contributed by atoms with E-state index in [9.17, 15) is 4.79 Å². The van der Waals surface area contributed by atoms with Crippen LogP contribution < -0.4 is 15.1 Å². The third-order valence-corrected chi connectivity index (χ3v) is 4.86. The van der Waals surface area contributed by atoms with E-state index in [1.54, 1.807) is 0 Å². The van der Waals surface area contributed by atoms with Crippen LogP contribution in [0, 0.1) is 6.92 Å². The second-order valence-electron chi connectivity index (χ2n) is 6.98. The van der Waals surface area contributed by atoms with Crippen molar-refractivity contribution < 1.29 is 19.1 Å². The highest BCUT2D eigenvalue weighted by Gasteiger charge is 2.26. The predicted molar refractivity (Wildman–Crippen MR) is 94.2 cm³/mol. The second kappa shape index (κ2) is 8.27. The van der Waals surface area contributed by atoms with Gasteiger partial charge in [0.2, 0.25) is 0 Å². The number of rotatable bonds is 6. The lowest BCUT2D eigenvalue weighted by Crippen LogP contribution is -3.28. The number of carbonyl (C=O) groups is 1. The first-order valence-electron chi connectivity index (χ1n) is 9.04. The zero-order chi connectivity index (χ0) is 17.6. The zero-order valence-corrected chi connectivity index (χ0v) is 15.0. The molecule has 1 aromatic carbocycles. The minimum absolute atomic E-state index is 0.0513. The molecule has 2 aromatic rings. The fourth-order valence-electron chi connectivity index (χ4n) is 3.41. The summed E-state index contributed by atoms with van der Waals surface area (Å²) in [4.78, 5) is 15.2. The van der Waals surface area contributed by atoms with E-state index in [1.807, 2.05) is 50.2 Å². The van der Waals surface area contributed by atoms with Gasteiger partial charge in [0, 0.05) is 6.07 Å². The fraction of sp³-hybridized carbons (Fsp3) is 0.474. The van der Waals surface area contributed by atoms with Crippen LogP contribution in [0.2, 0.25) is 0 Å². The summed E-state index contributed by atoms with van der Waals surface area (Å²) >= 11 is 0. The van der Waals surface area contributed by atoms with Crippen LogP contribution in [-0.2, 0) is 11.3 Å². The van der Waals surface area contributed by atoms with Crippen LogP contribution in [0.3, 0.4) is 0 Å². The topological polar surface area (TPSA) is 64.0 Å². The average molecular weight is 344 g/mol. The smallest absolute Gasteiger partial charge is 0.275 e. The van der Waals surface area contributed by atoms with Gasteiger partial charge >= 0.3 is 0 Å². The van der Waals surface area contributed by atoms with Gasteiger partial charge in [-0.2, -0.15) is 0 Å². The van der Waals surface area contributed by atoms with E-state index in [1.165, 1.54) is 9.80 Å². The monoisotopic (exact) mass is 344 g/mol. The number of quaternary nitrogens is 2. The number of hydrogen-bond acceptors (Lipinski definition) is 3. The number of piperazine rings is 1. The fourth-order valence-corrected chi connectivity index (χ4v) is 3.41. The van der Waals surface area contributed by atoms with Crippen molar-refractivity contribution in [3.8, 4) is 0 Å². The van der Waals surface area contributed by atoms with E-state index in [-0.39, 0.29) is 11.9 Å². The van der Waals surface area contributed by atoms with Crippen molar-refractivity contribution in [2.75, 3.05) is 32.7 Å². The van der Waals surface area contributed by atoms with Gasteiger partial charge in [0.25, 0.3) is 5.91 Å². The third-order valence-electron chi connectivity index (χ3n) is 4.86. The van der Waals surface area contributed by atoms with Crippen molar-refractivity contribution in [2.24, 2.45) is 0 Å². The molecule has 0 aliphatic carbocycles. The number of nitrogens with one attached hydrogen (secondary N) is 3. The average Bonchev–Trinajstić information content (AvgIpc) is 3.02. The van der Waals surface area contributed by atoms with Gasteiger partial charge in [0.1, 0.15) is 44.2 Å². The summed E-state index contributed by atoms with van der Waals surface area (Å²) in [5, 5.41) is 7.18. The molecule has 1 fully saturated rings. The molecular formula is C19H28N4O2+2. The van der Waals surface area contributed by atoms with E-state index >= 15 is 0 Å². The summed E-state index contributed by atoms with van der Waals surface area (Å²) < 4.78 is 5.13. The Morgan fingerprint density at radius 2 is 1.88 bits per heavy atom. The lowest BCUT2D eigenvalue weighted by molar-refractivity contribution is -1.02. The van der Waals surface area contributed by atoms with Crippen molar-refractivity contribution in [3.63, 3.8) is 0 Å². The molecule has 3 rings (SSSR count). The molecule has 1 amide bonds. The zero-order valence-electron chi connectivity index (χ0n) is 15.0. The molecule has 6 nitrogen and oxygen atoms in total. The Labute approximate surface area is 148 Å². The Hall–Kier alpha value is -2.18. The van der Waals surface area contributed by atoms with Crippen LogP contribution in [0.4, 0.5) is 0 Å². The van der Waals surface area contributed by atoms with Gasteiger partial charge in [-0.15, -0.1) is 0 Å². The number of amides is 1. The highest BCUT2D eigenvalue weighted by atomic mass is 16.5. The SMILES string of the molecule is Cc1cc(C[NH+]2CC[NH+](CC(=O)N[C@H](C)c3ccccc3)CC2)no1. The summed E-state index contributed by atoms with van der Waals surface area (Å²) in [7, 11) is 0. The maximum Gasteiger partial charge on any atom is 0.275 e. The van der Waals surface area contributed by atoms with Crippen LogP contribution in [0.25, 0.3) is 0 Å². The number of carbonyl (C=O) groups excluding carboxylic acids is 1. The van der Waals surface area contributed by atoms with Gasteiger partial charge in [0.05, 0.1) is 6.04 Å². The third kappa shape index (κ3) is 5.14. The highest BCUT2D eigenvalue weighted by Crippen LogP contribution is 2.10. The van der Waals surface area contributed by atoms with Gasteiger partial charge in [-0.05, 0) is 19.4 Å². The summed E-state index contributed by atoms with van der Waals surface area (Å²) in [6.45, 7) is 9.55. The van der Waals surface area contributed by atoms with Crippen LogP contribution >= 0.6 is 0 Å². The molecule has 1 aromatic heterocycles. The molecule has 134 valence electrons. The quantitative estimate of drug-likeness (QED) is 0.639. The highest BCUT2D eigenvalue weighted by molar-refractivity contribution is 5.77. The predicted octanol–water partition coefficient (Wildman–Crippen LogP) is -0.856. The molecule has 3 N–H and O–H groups in total. The summed E-state index contributed by atoms with van der Waals surface area (Å²) in [6.07, 6.45) is 0. The molecule has 1 aliphatic rings. The molecule has 1 atom stereocenters. The van der Waals surface area contributed by atoms with Gasteiger partial charge in [-0.3, -0.25) is 4.79 Å². The molecule has 0 bridgehead atoms. The second-order valence-corrected chi connectivity index (χ2v) is 6.98. The number of nitrogens with zero attached hydrogens (tertiary/aromatic N) is 1. The lowest BCUT2D eigenvalue weighted by atomic mass is 10.1. The molecule has 0 radical (unpaired) electrons. The van der Waals surface area contributed by atoms with Crippen LogP contribution in [0.1, 0.15) is 30.0 Å². The van der Waals surface area contributed by atoms with E-state index in [0.29, 0.717) is 6.54 Å². The molecule has 6 heteroatoms. The Bertz CT molecular complexity index is 678. The standard InChI is InChI=1S/C19H26N4O2/c1-15-12-18(21-25-15)13-22-8-10-23(11-9-22)14-19(24)20-16(2)17-6-4-3-5-7-17/h3-7,12,16H,8-11,13-14H2,1-2H3,(H,20,24)/p+2/t16-/m1/s1. The molecular weight excluding hydrogens is 316 g/mol. The number of benzene rings is 1. The molecule has 0 spiro atoms. The normalized spacial score (nSPS) is 21.7. The maximum absolute atomic E-state index is 12.3. The molecule has 1 aliphatic heterocycles. The Morgan fingerprint density at radius 1 is 1.20 bits per heavy atom. The summed E-state index contributed by atoms with van der Waals surface area (Å²) in [5.41, 5.74) is 2.16. The van der Waals surface area contributed by atoms with E-state index in [0.717, 1.165) is 49.7 Å². The summed E-state index contributed by atoms with van der Waals surface area (Å²) in [6, 6.07) is 12.1. The van der Waals surface area contributed by atoms with Gasteiger partial charge < -0.3 is 19.6 Å². The first kappa shape index (κ1) is 17.6. The number of aromatic nitrogens is 1. The first-order chi connectivity index (χ1) is 12.1. The van der Waals surface area contributed by atoms with Gasteiger partial charge in [-0.1, -0.05) is 35.5 Å². The van der Waals surface area contributed by atoms with E-state index in [2.05, 4.69) is 10.5 Å². The number of aryl methyl sites for hydroxylation is 1. The van der Waals surface area contributed by atoms with Gasteiger partial charge in [0.15, 0.2) is 6.54 Å².